The molecule has 0 radical (unpaired) electrons. The van der Waals surface area contributed by atoms with Gasteiger partial charge in [0.1, 0.15) is 0 Å². The van der Waals surface area contributed by atoms with Gasteiger partial charge in [-0.25, -0.2) is 9.67 Å². The topological polar surface area (TPSA) is 90.5 Å². The van der Waals surface area contributed by atoms with Crippen LogP contribution in [0.3, 0.4) is 0 Å². The number of alkyl halides is 3. The van der Waals surface area contributed by atoms with E-state index in [4.69, 9.17) is 0 Å². The molecule has 0 bridgehead atoms. The molecule has 8 nitrogen and oxygen atoms in total. The molecule has 34 heavy (non-hydrogen) atoms. The monoisotopic (exact) mass is 463 g/mol. The number of nitrogens with zero attached hydrogens (tertiary/aromatic N) is 6. The second-order valence-corrected chi connectivity index (χ2v) is 7.45. The molecule has 0 saturated heterocycles. The number of benzene rings is 2. The summed E-state index contributed by atoms with van der Waals surface area (Å²) in [5.41, 5.74) is -0.696. The van der Waals surface area contributed by atoms with Crippen LogP contribution in [0.4, 0.5) is 18.9 Å². The van der Waals surface area contributed by atoms with Crippen LogP contribution in [-0.2, 0) is 6.18 Å². The Kier molecular flexibility index (Phi) is 5.08. The van der Waals surface area contributed by atoms with Crippen molar-refractivity contribution in [2.45, 2.75) is 13.1 Å². The molecule has 0 aliphatic rings. The smallest absolute Gasteiger partial charge is 0.320 e. The van der Waals surface area contributed by atoms with Crippen LogP contribution in [0.5, 0.6) is 0 Å². The lowest BCUT2D eigenvalue weighted by Gasteiger charge is -2.14. The van der Waals surface area contributed by atoms with Gasteiger partial charge in [0.25, 0.3) is 5.91 Å². The standard InChI is InChI=1S/C23H16F3N7O/c1-14-11-16(12-27-21(14)33-28-9-10-29-33)31-22(34)18-13-30-32(20(18)23(24,25)26)19-8-4-6-15-5-2-3-7-17(15)19/h2-13H,1H3,(H,31,34). The minimum Gasteiger partial charge on any atom is -0.320 e. The molecule has 1 amide bonds. The molecule has 5 aromatic rings. The van der Waals surface area contributed by atoms with Crippen LogP contribution in [0.2, 0.25) is 0 Å². The van der Waals surface area contributed by atoms with Gasteiger partial charge < -0.3 is 5.32 Å². The quantitative estimate of drug-likeness (QED) is 0.421. The molecule has 3 aromatic heterocycles. The molecule has 0 spiro atoms. The van der Waals surface area contributed by atoms with E-state index in [-0.39, 0.29) is 11.4 Å². The van der Waals surface area contributed by atoms with Crippen molar-refractivity contribution < 1.29 is 18.0 Å². The maximum absolute atomic E-state index is 14.1. The van der Waals surface area contributed by atoms with E-state index in [0.29, 0.717) is 16.8 Å². The number of aromatic nitrogens is 6. The maximum Gasteiger partial charge on any atom is 0.434 e. The van der Waals surface area contributed by atoms with Gasteiger partial charge in [-0.2, -0.15) is 28.5 Å². The molecule has 1 N–H and O–H groups in total. The number of halogens is 3. The zero-order valence-corrected chi connectivity index (χ0v) is 17.7. The van der Waals surface area contributed by atoms with Crippen LogP contribution in [0, 0.1) is 6.92 Å². The van der Waals surface area contributed by atoms with E-state index in [1.54, 1.807) is 49.4 Å². The van der Waals surface area contributed by atoms with Crippen molar-refractivity contribution in [3.05, 3.63) is 90.1 Å². The Hall–Kier alpha value is -4.54. The van der Waals surface area contributed by atoms with Gasteiger partial charge >= 0.3 is 6.18 Å². The number of rotatable bonds is 4. The van der Waals surface area contributed by atoms with Crippen molar-refractivity contribution in [3.8, 4) is 11.5 Å². The summed E-state index contributed by atoms with van der Waals surface area (Å²) in [6.07, 6.45) is 0.393. The Bertz CT molecular complexity index is 1500. The number of pyridine rings is 1. The van der Waals surface area contributed by atoms with E-state index in [0.717, 1.165) is 16.3 Å². The summed E-state index contributed by atoms with van der Waals surface area (Å²) in [6.45, 7) is 1.72. The zero-order chi connectivity index (χ0) is 23.9. The number of hydrogen-bond acceptors (Lipinski definition) is 5. The van der Waals surface area contributed by atoms with Gasteiger partial charge in [0.2, 0.25) is 0 Å². The van der Waals surface area contributed by atoms with E-state index in [9.17, 15) is 18.0 Å². The second kappa shape index (κ2) is 8.10. The summed E-state index contributed by atoms with van der Waals surface area (Å²) in [6, 6.07) is 13.6. The molecule has 0 fully saturated rings. The minimum atomic E-state index is -4.83. The fourth-order valence-electron chi connectivity index (χ4n) is 3.73. The third-order valence-corrected chi connectivity index (χ3v) is 5.19. The number of aryl methyl sites for hydroxylation is 1. The average molecular weight is 463 g/mol. The summed E-state index contributed by atoms with van der Waals surface area (Å²) < 4.78 is 43.2. The first-order valence-electron chi connectivity index (χ1n) is 10.1. The van der Waals surface area contributed by atoms with Crippen molar-refractivity contribution in [2.24, 2.45) is 0 Å². The summed E-state index contributed by atoms with van der Waals surface area (Å²) in [5, 5.41) is 15.7. The largest absolute Gasteiger partial charge is 0.434 e. The average Bonchev–Trinajstić information content (AvgIpc) is 3.49. The molecule has 2 aromatic carbocycles. The zero-order valence-electron chi connectivity index (χ0n) is 17.7. The number of amides is 1. The summed E-state index contributed by atoms with van der Waals surface area (Å²) in [4.78, 5) is 18.4. The molecule has 3 heterocycles. The highest BCUT2D eigenvalue weighted by atomic mass is 19.4. The predicted octanol–water partition coefficient (Wildman–Crippen LogP) is 4.58. The Balaban J connectivity index is 1.53. The summed E-state index contributed by atoms with van der Waals surface area (Å²) >= 11 is 0. The molecular formula is C23H16F3N7O. The van der Waals surface area contributed by atoms with Gasteiger partial charge in [0, 0.05) is 5.39 Å². The fraction of sp³-hybridized carbons (Fsp3) is 0.0870. The Morgan fingerprint density at radius 3 is 2.44 bits per heavy atom. The first kappa shape index (κ1) is 21.3. The lowest BCUT2D eigenvalue weighted by Crippen LogP contribution is -2.21. The van der Waals surface area contributed by atoms with Crippen molar-refractivity contribution >= 4 is 22.4 Å². The summed E-state index contributed by atoms with van der Waals surface area (Å²) in [7, 11) is 0. The fourth-order valence-corrected chi connectivity index (χ4v) is 3.73. The van der Waals surface area contributed by atoms with Crippen LogP contribution in [0.1, 0.15) is 21.6 Å². The lowest BCUT2D eigenvalue weighted by molar-refractivity contribution is -0.143. The number of fused-ring (bicyclic) bond motifs is 1. The third kappa shape index (κ3) is 3.76. The van der Waals surface area contributed by atoms with Gasteiger partial charge in [-0.15, -0.1) is 4.80 Å². The number of nitrogens with one attached hydrogen (secondary N) is 1. The number of carbonyl (C=O) groups is 1. The van der Waals surface area contributed by atoms with Gasteiger partial charge in [-0.05, 0) is 30.0 Å². The number of hydrogen-bond donors (Lipinski definition) is 1. The first-order chi connectivity index (χ1) is 16.3. The second-order valence-electron chi connectivity index (χ2n) is 7.45. The molecule has 0 atom stereocenters. The molecule has 0 unspecified atom stereocenters. The molecule has 5 rings (SSSR count). The van der Waals surface area contributed by atoms with Crippen LogP contribution in [0.15, 0.2) is 73.3 Å². The van der Waals surface area contributed by atoms with Gasteiger partial charge in [-0.1, -0.05) is 36.4 Å². The van der Waals surface area contributed by atoms with Gasteiger partial charge in [-0.3, -0.25) is 4.79 Å². The van der Waals surface area contributed by atoms with E-state index in [2.05, 4.69) is 25.6 Å². The van der Waals surface area contributed by atoms with Crippen molar-refractivity contribution in [3.63, 3.8) is 0 Å². The molecular weight excluding hydrogens is 447 g/mol. The summed E-state index contributed by atoms with van der Waals surface area (Å²) in [5.74, 6) is -0.521. The highest BCUT2D eigenvalue weighted by molar-refractivity contribution is 6.05. The normalized spacial score (nSPS) is 11.6. The third-order valence-electron chi connectivity index (χ3n) is 5.19. The maximum atomic E-state index is 14.1. The van der Waals surface area contributed by atoms with Gasteiger partial charge in [0.05, 0.1) is 41.7 Å². The van der Waals surface area contributed by atoms with Crippen LogP contribution >= 0.6 is 0 Å². The molecule has 170 valence electrons. The van der Waals surface area contributed by atoms with Crippen molar-refractivity contribution in [1.82, 2.24) is 29.8 Å². The van der Waals surface area contributed by atoms with E-state index in [1.807, 2.05) is 0 Å². The van der Waals surface area contributed by atoms with Crippen molar-refractivity contribution in [1.29, 1.82) is 0 Å². The first-order valence-corrected chi connectivity index (χ1v) is 10.1. The molecule has 0 aliphatic heterocycles. The van der Waals surface area contributed by atoms with E-state index < -0.39 is 23.3 Å². The van der Waals surface area contributed by atoms with E-state index in [1.165, 1.54) is 29.5 Å². The molecule has 0 saturated carbocycles. The highest BCUT2D eigenvalue weighted by Gasteiger charge is 2.40. The minimum absolute atomic E-state index is 0.220. The number of carbonyl (C=O) groups excluding carboxylic acids is 1. The van der Waals surface area contributed by atoms with Crippen LogP contribution in [-0.4, -0.2) is 35.7 Å². The van der Waals surface area contributed by atoms with Crippen LogP contribution in [0.25, 0.3) is 22.3 Å². The molecule has 0 aliphatic carbocycles. The highest BCUT2D eigenvalue weighted by Crippen LogP contribution is 2.35. The predicted molar refractivity (Wildman–Crippen MR) is 118 cm³/mol. The Labute approximate surface area is 190 Å². The SMILES string of the molecule is Cc1cc(NC(=O)c2cnn(-c3cccc4ccccc34)c2C(F)(F)F)cnc1-n1nccn1. The van der Waals surface area contributed by atoms with Gasteiger partial charge in [0.15, 0.2) is 11.5 Å². The Morgan fingerprint density at radius 2 is 1.71 bits per heavy atom. The molecule has 11 heteroatoms. The Morgan fingerprint density at radius 1 is 0.971 bits per heavy atom. The van der Waals surface area contributed by atoms with Crippen LogP contribution < -0.4 is 5.32 Å². The number of anilines is 1. The lowest BCUT2D eigenvalue weighted by atomic mass is 10.1. The van der Waals surface area contributed by atoms with E-state index >= 15 is 0 Å². The van der Waals surface area contributed by atoms with Crippen molar-refractivity contribution in [2.75, 3.05) is 5.32 Å².